The zero-order valence-corrected chi connectivity index (χ0v) is 20.1. The molecule has 1 aromatic heterocycles. The molecule has 0 spiro atoms. The van der Waals surface area contributed by atoms with Gasteiger partial charge in [-0.05, 0) is 30.2 Å². The van der Waals surface area contributed by atoms with Crippen LogP contribution in [0.4, 0.5) is 0 Å². The molecular weight excluding hydrogens is 521 g/mol. The van der Waals surface area contributed by atoms with Gasteiger partial charge in [0.15, 0.2) is 5.96 Å². The first-order chi connectivity index (χ1) is 13.8. The molecule has 166 valence electrons. The summed E-state index contributed by atoms with van der Waals surface area (Å²) in [5.41, 5.74) is 0.814. The molecule has 2 rings (SSSR count). The van der Waals surface area contributed by atoms with E-state index in [9.17, 15) is 13.2 Å². The van der Waals surface area contributed by atoms with Gasteiger partial charge in [0, 0.05) is 39.6 Å². The van der Waals surface area contributed by atoms with E-state index in [4.69, 9.17) is 5.14 Å². The summed E-state index contributed by atoms with van der Waals surface area (Å²) in [6.07, 6.45) is 4.46. The minimum Gasteiger partial charge on any atom is -0.356 e. The Labute approximate surface area is 194 Å². The first-order valence-corrected chi connectivity index (χ1v) is 10.6. The van der Waals surface area contributed by atoms with Crippen LogP contribution < -0.4 is 15.8 Å². The fraction of sp³-hybridized carbons (Fsp3) is 0.389. The predicted molar refractivity (Wildman–Crippen MR) is 126 cm³/mol. The number of halogens is 1. The van der Waals surface area contributed by atoms with Crippen molar-refractivity contribution in [1.29, 1.82) is 0 Å². The maximum atomic E-state index is 11.8. The molecular formula is C18H28IN7O3S. The lowest BCUT2D eigenvalue weighted by atomic mass is 10.2. The van der Waals surface area contributed by atoms with E-state index in [2.05, 4.69) is 20.7 Å². The van der Waals surface area contributed by atoms with E-state index >= 15 is 0 Å². The quantitative estimate of drug-likeness (QED) is 0.179. The highest BCUT2D eigenvalue weighted by Crippen LogP contribution is 2.09. The van der Waals surface area contributed by atoms with Gasteiger partial charge in [-0.2, -0.15) is 5.10 Å². The number of nitrogens with one attached hydrogen (secondary N) is 2. The Hall–Kier alpha value is -2.19. The number of aromatic nitrogens is 2. The highest BCUT2D eigenvalue weighted by Gasteiger charge is 2.08. The average Bonchev–Trinajstić information content (AvgIpc) is 3.19. The SMILES string of the molecule is CN(C)C(=O)CNC(=NCc1ccc(S(N)(=O)=O)cc1)NCCCn1cccn1.I. The second-order valence-electron chi connectivity index (χ2n) is 6.54. The van der Waals surface area contributed by atoms with Crippen LogP contribution in [0, 0.1) is 0 Å². The van der Waals surface area contributed by atoms with Gasteiger partial charge in [0.25, 0.3) is 0 Å². The summed E-state index contributed by atoms with van der Waals surface area (Å²) in [4.78, 5) is 17.9. The number of hydrogen-bond donors (Lipinski definition) is 3. The van der Waals surface area contributed by atoms with E-state index in [0.717, 1.165) is 18.5 Å². The fourth-order valence-electron chi connectivity index (χ4n) is 2.33. The number of primary sulfonamides is 1. The first-order valence-electron chi connectivity index (χ1n) is 9.07. The second-order valence-corrected chi connectivity index (χ2v) is 8.11. The number of amides is 1. The molecule has 1 heterocycles. The number of nitrogens with zero attached hydrogens (tertiary/aromatic N) is 4. The first kappa shape index (κ1) is 25.8. The minimum atomic E-state index is -3.72. The highest BCUT2D eigenvalue weighted by atomic mass is 127. The van der Waals surface area contributed by atoms with Crippen molar-refractivity contribution in [3.63, 3.8) is 0 Å². The number of carbonyl (C=O) groups excluding carboxylic acids is 1. The molecule has 0 radical (unpaired) electrons. The molecule has 30 heavy (non-hydrogen) atoms. The van der Waals surface area contributed by atoms with E-state index in [0.29, 0.717) is 19.0 Å². The summed E-state index contributed by atoms with van der Waals surface area (Å²) in [5, 5.41) is 15.5. The van der Waals surface area contributed by atoms with Crippen LogP contribution >= 0.6 is 24.0 Å². The lowest BCUT2D eigenvalue weighted by molar-refractivity contribution is -0.127. The molecule has 0 bridgehead atoms. The van der Waals surface area contributed by atoms with Gasteiger partial charge in [-0.25, -0.2) is 18.5 Å². The van der Waals surface area contributed by atoms with Crippen molar-refractivity contribution < 1.29 is 13.2 Å². The zero-order valence-electron chi connectivity index (χ0n) is 17.0. The highest BCUT2D eigenvalue weighted by molar-refractivity contribution is 14.0. The summed E-state index contributed by atoms with van der Waals surface area (Å²) < 4.78 is 24.5. The number of guanidine groups is 1. The van der Waals surface area contributed by atoms with Crippen LogP contribution in [0.15, 0.2) is 52.6 Å². The molecule has 0 aliphatic carbocycles. The third kappa shape index (κ3) is 9.09. The van der Waals surface area contributed by atoms with Crippen LogP contribution in [0.2, 0.25) is 0 Å². The monoisotopic (exact) mass is 549 g/mol. The van der Waals surface area contributed by atoms with Crippen molar-refractivity contribution in [1.82, 2.24) is 25.3 Å². The summed E-state index contributed by atoms with van der Waals surface area (Å²) in [7, 11) is -0.349. The Bertz CT molecular complexity index is 914. The van der Waals surface area contributed by atoms with Gasteiger partial charge in [-0.1, -0.05) is 12.1 Å². The van der Waals surface area contributed by atoms with Gasteiger partial charge in [-0.15, -0.1) is 24.0 Å². The van der Waals surface area contributed by atoms with Gasteiger partial charge in [0.2, 0.25) is 15.9 Å². The van der Waals surface area contributed by atoms with Crippen LogP contribution in [0.3, 0.4) is 0 Å². The standard InChI is InChI=1S/C18H27N7O3S.HI/c1-24(2)17(26)14-22-18(20-9-3-11-25-12-4-10-23-25)21-13-15-5-7-16(8-6-15)29(19,27)28;/h4-8,10,12H,3,9,11,13-14H2,1-2H3,(H2,19,27,28)(H2,20,21,22);1H. The van der Waals surface area contributed by atoms with E-state index in [1.165, 1.54) is 17.0 Å². The van der Waals surface area contributed by atoms with Crippen molar-refractivity contribution in [2.75, 3.05) is 27.2 Å². The normalized spacial score (nSPS) is 11.5. The van der Waals surface area contributed by atoms with Crippen molar-refractivity contribution in [3.05, 3.63) is 48.3 Å². The van der Waals surface area contributed by atoms with Gasteiger partial charge >= 0.3 is 0 Å². The maximum absolute atomic E-state index is 11.8. The van der Waals surface area contributed by atoms with Crippen LogP contribution in [0.5, 0.6) is 0 Å². The predicted octanol–water partition coefficient (Wildman–Crippen LogP) is 0.362. The Morgan fingerprint density at radius 1 is 1.23 bits per heavy atom. The molecule has 0 fully saturated rings. The molecule has 12 heteroatoms. The van der Waals surface area contributed by atoms with Gasteiger partial charge < -0.3 is 15.5 Å². The van der Waals surface area contributed by atoms with Crippen molar-refractivity contribution in [2.45, 2.75) is 24.4 Å². The van der Waals surface area contributed by atoms with Gasteiger partial charge in [0.05, 0.1) is 18.0 Å². The van der Waals surface area contributed by atoms with Crippen LogP contribution in [0.1, 0.15) is 12.0 Å². The lowest BCUT2D eigenvalue weighted by Gasteiger charge is -2.15. The molecule has 0 aliphatic rings. The number of likely N-dealkylation sites (N-methyl/N-ethyl adjacent to an activating group) is 1. The summed E-state index contributed by atoms with van der Waals surface area (Å²) in [5.74, 6) is 0.421. The number of rotatable bonds is 9. The number of carbonyl (C=O) groups is 1. The third-order valence-corrected chi connectivity index (χ3v) is 4.92. The van der Waals surface area contributed by atoms with Gasteiger partial charge in [-0.3, -0.25) is 9.48 Å². The summed E-state index contributed by atoms with van der Waals surface area (Å²) in [6.45, 7) is 1.84. The summed E-state index contributed by atoms with van der Waals surface area (Å²) >= 11 is 0. The number of benzene rings is 1. The molecule has 0 unspecified atom stereocenters. The molecule has 0 saturated carbocycles. The number of sulfonamides is 1. The lowest BCUT2D eigenvalue weighted by Crippen LogP contribution is -2.43. The van der Waals surface area contributed by atoms with Crippen molar-refractivity contribution in [3.8, 4) is 0 Å². The molecule has 2 aromatic rings. The van der Waals surface area contributed by atoms with E-state index < -0.39 is 10.0 Å². The molecule has 0 aliphatic heterocycles. The number of nitrogens with two attached hydrogens (primary N) is 1. The van der Waals surface area contributed by atoms with E-state index in [1.807, 2.05) is 16.9 Å². The van der Waals surface area contributed by atoms with Crippen molar-refractivity contribution >= 4 is 45.9 Å². The Balaban J connectivity index is 0.00000450. The molecule has 4 N–H and O–H groups in total. The maximum Gasteiger partial charge on any atom is 0.241 e. The Morgan fingerprint density at radius 2 is 1.93 bits per heavy atom. The number of aryl methyl sites for hydroxylation is 1. The van der Waals surface area contributed by atoms with Crippen molar-refractivity contribution in [2.24, 2.45) is 10.1 Å². The number of aliphatic imine (C=N–C) groups is 1. The fourth-order valence-corrected chi connectivity index (χ4v) is 2.84. The molecule has 10 nitrogen and oxygen atoms in total. The molecule has 0 saturated heterocycles. The smallest absolute Gasteiger partial charge is 0.241 e. The molecule has 1 amide bonds. The topological polar surface area (TPSA) is 135 Å². The Morgan fingerprint density at radius 3 is 2.50 bits per heavy atom. The van der Waals surface area contributed by atoms with Crippen LogP contribution in [0.25, 0.3) is 0 Å². The second kappa shape index (κ2) is 12.5. The van der Waals surface area contributed by atoms with E-state index in [-0.39, 0.29) is 41.3 Å². The van der Waals surface area contributed by atoms with Crippen LogP contribution in [-0.2, 0) is 27.9 Å². The largest absolute Gasteiger partial charge is 0.356 e. The molecule has 0 atom stereocenters. The van der Waals surface area contributed by atoms with Crippen LogP contribution in [-0.4, -0.2) is 62.1 Å². The average molecular weight is 549 g/mol. The van der Waals surface area contributed by atoms with Gasteiger partial charge in [0.1, 0.15) is 0 Å². The zero-order chi connectivity index (χ0) is 21.3. The number of hydrogen-bond acceptors (Lipinski definition) is 5. The van der Waals surface area contributed by atoms with E-state index in [1.54, 1.807) is 32.4 Å². The third-order valence-electron chi connectivity index (χ3n) is 3.99. The summed E-state index contributed by atoms with van der Waals surface area (Å²) in [6, 6.07) is 8.07. The molecule has 1 aromatic carbocycles. The minimum absolute atomic E-state index is 0. The Kier molecular flexibility index (Phi) is 10.8.